The summed E-state index contributed by atoms with van der Waals surface area (Å²) in [5, 5.41) is -0.534. The van der Waals surface area contributed by atoms with Crippen molar-refractivity contribution in [1.29, 1.82) is 0 Å². The van der Waals surface area contributed by atoms with Crippen molar-refractivity contribution in [2.75, 3.05) is 31.1 Å². The summed E-state index contributed by atoms with van der Waals surface area (Å²) in [6.45, 7) is 6.65. The second-order valence-corrected chi connectivity index (χ2v) is 10.1. The Kier molecular flexibility index (Phi) is 4.41. The monoisotopic (exact) mass is 378 g/mol. The maximum Gasteiger partial charge on any atom is 0.225 e. The predicted octanol–water partition coefficient (Wildman–Crippen LogP) is 1.35. The summed E-state index contributed by atoms with van der Waals surface area (Å²) < 4.78 is 25.4. The summed E-state index contributed by atoms with van der Waals surface area (Å²) in [5.41, 5.74) is 1.53. The third-order valence-corrected chi connectivity index (χ3v) is 8.03. The van der Waals surface area contributed by atoms with E-state index in [4.69, 9.17) is 4.98 Å². The molecular formula is C18H26N4O3S. The number of fused-ring (bicyclic) bond motifs is 3. The Labute approximate surface area is 154 Å². The molecule has 3 aliphatic heterocycles. The Morgan fingerprint density at radius 1 is 1.31 bits per heavy atom. The van der Waals surface area contributed by atoms with Crippen LogP contribution in [0.1, 0.15) is 50.3 Å². The summed E-state index contributed by atoms with van der Waals surface area (Å²) in [7, 11) is -3.28. The molecule has 0 N–H and O–H groups in total. The summed E-state index contributed by atoms with van der Waals surface area (Å²) in [6.07, 6.45) is 4.43. The molecule has 0 aromatic carbocycles. The average molecular weight is 378 g/mol. The molecule has 1 amide bonds. The van der Waals surface area contributed by atoms with Gasteiger partial charge in [-0.05, 0) is 18.8 Å². The molecule has 4 rings (SSSR count). The molecular weight excluding hydrogens is 352 g/mol. The van der Waals surface area contributed by atoms with Crippen LogP contribution in [0.15, 0.2) is 6.20 Å². The Hall–Kier alpha value is -1.70. The number of likely N-dealkylation sites (tertiary alicyclic amines) is 1. The Morgan fingerprint density at radius 3 is 2.85 bits per heavy atom. The standard InChI is InChI=1S/C18H26N4O3S/c1-3-16(23)22-9-14-15(10-22)26(24,25)11-13-7-19-18(20-17(13)14)21-6-4-5-12(2)8-21/h7,12,14-15H,3-6,8-11H2,1-2H3/t12?,14-,15+/m0/s1. The quantitative estimate of drug-likeness (QED) is 0.772. The number of sulfone groups is 1. The van der Waals surface area contributed by atoms with E-state index in [2.05, 4.69) is 16.8 Å². The number of carbonyl (C=O) groups excluding carboxylic acids is 1. The zero-order valence-electron chi connectivity index (χ0n) is 15.4. The van der Waals surface area contributed by atoms with E-state index in [1.807, 2.05) is 6.92 Å². The molecule has 0 saturated carbocycles. The lowest BCUT2D eigenvalue weighted by Gasteiger charge is -2.32. The number of rotatable bonds is 2. The van der Waals surface area contributed by atoms with Gasteiger partial charge in [0.15, 0.2) is 9.84 Å². The normalized spacial score (nSPS) is 30.0. The lowest BCUT2D eigenvalue weighted by atomic mass is 9.99. The molecule has 0 aliphatic carbocycles. The zero-order valence-corrected chi connectivity index (χ0v) is 16.2. The van der Waals surface area contributed by atoms with Gasteiger partial charge in [-0.2, -0.15) is 0 Å². The van der Waals surface area contributed by atoms with Gasteiger partial charge in [0.05, 0.1) is 16.7 Å². The molecule has 2 fully saturated rings. The first-order valence-electron chi connectivity index (χ1n) is 9.49. The summed E-state index contributed by atoms with van der Waals surface area (Å²) in [4.78, 5) is 25.3. The van der Waals surface area contributed by atoms with E-state index in [-0.39, 0.29) is 17.6 Å². The fraction of sp³-hybridized carbons (Fsp3) is 0.722. The van der Waals surface area contributed by atoms with Crippen molar-refractivity contribution in [3.63, 3.8) is 0 Å². The average Bonchev–Trinajstić information content (AvgIpc) is 3.07. The lowest BCUT2D eigenvalue weighted by molar-refractivity contribution is -0.129. The van der Waals surface area contributed by atoms with Crippen LogP contribution in [0.4, 0.5) is 5.95 Å². The molecule has 142 valence electrons. The molecule has 4 heterocycles. The number of hydrogen-bond donors (Lipinski definition) is 0. The van der Waals surface area contributed by atoms with Gasteiger partial charge in [0, 0.05) is 50.3 Å². The highest BCUT2D eigenvalue weighted by Gasteiger charge is 2.48. The van der Waals surface area contributed by atoms with Gasteiger partial charge < -0.3 is 9.80 Å². The predicted molar refractivity (Wildman–Crippen MR) is 98.7 cm³/mol. The molecule has 0 spiro atoms. The van der Waals surface area contributed by atoms with Crippen molar-refractivity contribution < 1.29 is 13.2 Å². The smallest absolute Gasteiger partial charge is 0.225 e. The fourth-order valence-corrected chi connectivity index (χ4v) is 6.51. The van der Waals surface area contributed by atoms with Gasteiger partial charge in [0.25, 0.3) is 0 Å². The number of piperidine rings is 1. The third-order valence-electron chi connectivity index (χ3n) is 5.92. The minimum absolute atomic E-state index is 0.00952. The minimum Gasteiger partial charge on any atom is -0.341 e. The summed E-state index contributed by atoms with van der Waals surface area (Å²) in [5.74, 6) is 1.07. The van der Waals surface area contributed by atoms with Crippen molar-refractivity contribution in [3.8, 4) is 0 Å². The minimum atomic E-state index is -3.28. The Morgan fingerprint density at radius 2 is 2.12 bits per heavy atom. The van der Waals surface area contributed by atoms with Gasteiger partial charge in [0.2, 0.25) is 11.9 Å². The number of nitrogens with zero attached hydrogens (tertiary/aromatic N) is 4. The summed E-state index contributed by atoms with van der Waals surface area (Å²) in [6, 6.07) is 0. The van der Waals surface area contributed by atoms with Gasteiger partial charge in [-0.1, -0.05) is 13.8 Å². The molecule has 3 atom stereocenters. The van der Waals surface area contributed by atoms with Crippen LogP contribution in [0.5, 0.6) is 0 Å². The van der Waals surface area contributed by atoms with Crippen molar-refractivity contribution in [1.82, 2.24) is 14.9 Å². The van der Waals surface area contributed by atoms with Crippen LogP contribution < -0.4 is 4.90 Å². The highest BCUT2D eigenvalue weighted by atomic mass is 32.2. The van der Waals surface area contributed by atoms with Gasteiger partial charge in [-0.3, -0.25) is 4.79 Å². The van der Waals surface area contributed by atoms with Crippen LogP contribution in [0.25, 0.3) is 0 Å². The lowest BCUT2D eigenvalue weighted by Crippen LogP contribution is -2.38. The molecule has 8 heteroatoms. The highest BCUT2D eigenvalue weighted by molar-refractivity contribution is 7.91. The van der Waals surface area contributed by atoms with E-state index in [0.717, 1.165) is 25.2 Å². The summed E-state index contributed by atoms with van der Waals surface area (Å²) >= 11 is 0. The molecule has 1 aromatic heterocycles. The van der Waals surface area contributed by atoms with Crippen LogP contribution in [-0.2, 0) is 20.4 Å². The van der Waals surface area contributed by atoms with Crippen LogP contribution >= 0.6 is 0 Å². The number of anilines is 1. The second kappa shape index (κ2) is 6.48. The van der Waals surface area contributed by atoms with Gasteiger partial charge in [-0.25, -0.2) is 18.4 Å². The van der Waals surface area contributed by atoms with Crippen molar-refractivity contribution in [3.05, 3.63) is 17.5 Å². The topological polar surface area (TPSA) is 83.5 Å². The van der Waals surface area contributed by atoms with E-state index >= 15 is 0 Å². The largest absolute Gasteiger partial charge is 0.341 e. The van der Waals surface area contributed by atoms with E-state index in [1.54, 1.807) is 11.1 Å². The van der Waals surface area contributed by atoms with E-state index < -0.39 is 15.1 Å². The SMILES string of the molecule is CCC(=O)N1C[C@@H]2c3nc(N4CCCC(C)C4)ncc3CS(=O)(=O)[C@@H]2C1. The van der Waals surface area contributed by atoms with Crippen molar-refractivity contribution >= 4 is 21.7 Å². The molecule has 1 aromatic rings. The molecule has 0 bridgehead atoms. The first-order valence-corrected chi connectivity index (χ1v) is 11.2. The van der Waals surface area contributed by atoms with Crippen LogP contribution in [0.3, 0.4) is 0 Å². The van der Waals surface area contributed by atoms with Crippen molar-refractivity contribution in [2.45, 2.75) is 50.0 Å². The number of aromatic nitrogens is 2. The Balaban J connectivity index is 1.69. The van der Waals surface area contributed by atoms with Crippen LogP contribution in [0.2, 0.25) is 0 Å². The van der Waals surface area contributed by atoms with Gasteiger partial charge in [0.1, 0.15) is 0 Å². The molecule has 1 unspecified atom stereocenters. The molecule has 0 radical (unpaired) electrons. The van der Waals surface area contributed by atoms with E-state index in [0.29, 0.717) is 36.9 Å². The second-order valence-electron chi connectivity index (χ2n) is 7.88. The Bertz CT molecular complexity index is 826. The number of carbonyl (C=O) groups is 1. The van der Waals surface area contributed by atoms with Gasteiger partial charge >= 0.3 is 0 Å². The van der Waals surface area contributed by atoms with Crippen LogP contribution in [0, 0.1) is 5.92 Å². The molecule has 3 aliphatic rings. The number of hydrogen-bond acceptors (Lipinski definition) is 6. The van der Waals surface area contributed by atoms with Gasteiger partial charge in [-0.15, -0.1) is 0 Å². The molecule has 7 nitrogen and oxygen atoms in total. The van der Waals surface area contributed by atoms with E-state index in [1.165, 1.54) is 6.42 Å². The highest BCUT2D eigenvalue weighted by Crippen LogP contribution is 2.39. The molecule has 26 heavy (non-hydrogen) atoms. The molecule has 2 saturated heterocycles. The first-order chi connectivity index (χ1) is 12.4. The first kappa shape index (κ1) is 17.7. The van der Waals surface area contributed by atoms with Crippen molar-refractivity contribution in [2.24, 2.45) is 5.92 Å². The van der Waals surface area contributed by atoms with E-state index in [9.17, 15) is 13.2 Å². The number of amides is 1. The van der Waals surface area contributed by atoms with Crippen LogP contribution in [-0.4, -0.2) is 60.6 Å². The zero-order chi connectivity index (χ0) is 18.5. The third kappa shape index (κ3) is 2.98. The maximum atomic E-state index is 12.7. The maximum absolute atomic E-state index is 12.7. The fourth-order valence-electron chi connectivity index (χ4n) is 4.52.